The van der Waals surface area contributed by atoms with Gasteiger partial charge in [0.2, 0.25) is 0 Å². The molecule has 1 fully saturated rings. The molecule has 0 saturated carbocycles. The summed E-state index contributed by atoms with van der Waals surface area (Å²) in [6, 6.07) is 7.76. The second kappa shape index (κ2) is 8.35. The average Bonchev–Trinajstić information content (AvgIpc) is 2.64. The monoisotopic (exact) mass is 419 g/mol. The first-order valence-electron chi connectivity index (χ1n) is 8.63. The molecule has 1 atom stereocenters. The summed E-state index contributed by atoms with van der Waals surface area (Å²) in [7, 11) is 0. The molecule has 1 aromatic heterocycles. The number of ether oxygens (including phenoxy) is 1. The van der Waals surface area contributed by atoms with Gasteiger partial charge in [0, 0.05) is 23.2 Å². The minimum atomic E-state index is -0.155. The van der Waals surface area contributed by atoms with Gasteiger partial charge in [-0.1, -0.05) is 22.0 Å². The quantitative estimate of drug-likeness (QED) is 0.717. The Bertz CT molecular complexity index is 786. The van der Waals surface area contributed by atoms with Crippen molar-refractivity contribution in [3.63, 3.8) is 0 Å². The number of nitrogen functional groups attached to an aromatic ring is 1. The Labute approximate surface area is 161 Å². The highest BCUT2D eigenvalue weighted by Gasteiger charge is 2.29. The molecule has 1 saturated heterocycles. The van der Waals surface area contributed by atoms with Crippen LogP contribution in [-0.2, 0) is 9.53 Å². The van der Waals surface area contributed by atoms with Crippen molar-refractivity contribution in [2.45, 2.75) is 19.8 Å². The third-order valence-electron chi connectivity index (χ3n) is 4.29. The van der Waals surface area contributed by atoms with Crippen LogP contribution in [0, 0.1) is 5.92 Å². The van der Waals surface area contributed by atoms with Gasteiger partial charge < -0.3 is 20.7 Å². The number of halogens is 1. The number of hydrogen-bond acceptors (Lipinski definition) is 7. The molecule has 1 aromatic carbocycles. The lowest BCUT2D eigenvalue weighted by atomic mass is 9.98. The Morgan fingerprint density at radius 2 is 2.31 bits per heavy atom. The lowest BCUT2D eigenvalue weighted by Gasteiger charge is -2.33. The van der Waals surface area contributed by atoms with E-state index in [-0.39, 0.29) is 11.9 Å². The van der Waals surface area contributed by atoms with Crippen LogP contribution >= 0.6 is 15.9 Å². The number of aromatic nitrogens is 2. The molecule has 2 aromatic rings. The van der Waals surface area contributed by atoms with Gasteiger partial charge in [-0.25, -0.2) is 9.97 Å². The summed E-state index contributed by atoms with van der Waals surface area (Å²) in [5.74, 6) is 0.884. The van der Waals surface area contributed by atoms with Gasteiger partial charge in [0.15, 0.2) is 11.6 Å². The molecule has 1 aliphatic rings. The predicted molar refractivity (Wildman–Crippen MR) is 105 cm³/mol. The van der Waals surface area contributed by atoms with Crippen LogP contribution in [-0.4, -0.2) is 35.6 Å². The Morgan fingerprint density at radius 1 is 1.46 bits per heavy atom. The molecule has 3 N–H and O–H groups in total. The van der Waals surface area contributed by atoms with Crippen LogP contribution in [0.2, 0.25) is 0 Å². The molecule has 138 valence electrons. The summed E-state index contributed by atoms with van der Waals surface area (Å²) in [6.45, 7) is 3.57. The summed E-state index contributed by atoms with van der Waals surface area (Å²) in [5.41, 5.74) is 7.67. The van der Waals surface area contributed by atoms with Crippen molar-refractivity contribution in [2.75, 3.05) is 35.6 Å². The van der Waals surface area contributed by atoms with E-state index in [0.29, 0.717) is 30.5 Å². The largest absolute Gasteiger partial charge is 0.466 e. The average molecular weight is 420 g/mol. The zero-order valence-electron chi connectivity index (χ0n) is 14.6. The van der Waals surface area contributed by atoms with Crippen LogP contribution < -0.4 is 16.0 Å². The first-order valence-corrected chi connectivity index (χ1v) is 9.42. The second-order valence-electron chi connectivity index (χ2n) is 6.13. The van der Waals surface area contributed by atoms with E-state index in [1.165, 1.54) is 6.33 Å². The number of nitrogens with two attached hydrogens (primary N) is 1. The van der Waals surface area contributed by atoms with E-state index in [0.717, 1.165) is 29.5 Å². The zero-order chi connectivity index (χ0) is 18.5. The highest BCUT2D eigenvalue weighted by Crippen LogP contribution is 2.32. The molecule has 3 rings (SSSR count). The van der Waals surface area contributed by atoms with E-state index < -0.39 is 0 Å². The number of nitrogens with zero attached hydrogens (tertiary/aromatic N) is 3. The van der Waals surface area contributed by atoms with Gasteiger partial charge in [0.05, 0.1) is 12.5 Å². The Hall–Kier alpha value is -2.35. The summed E-state index contributed by atoms with van der Waals surface area (Å²) >= 11 is 3.45. The lowest BCUT2D eigenvalue weighted by Crippen LogP contribution is -2.40. The van der Waals surface area contributed by atoms with Crippen LogP contribution in [0.15, 0.2) is 35.1 Å². The van der Waals surface area contributed by atoms with Crippen LogP contribution in [0.5, 0.6) is 0 Å². The third-order valence-corrected chi connectivity index (χ3v) is 4.78. The molecule has 2 heterocycles. The van der Waals surface area contributed by atoms with E-state index in [9.17, 15) is 4.79 Å². The summed E-state index contributed by atoms with van der Waals surface area (Å²) in [4.78, 5) is 22.7. The van der Waals surface area contributed by atoms with Crippen molar-refractivity contribution in [1.82, 2.24) is 9.97 Å². The molecule has 26 heavy (non-hydrogen) atoms. The molecular weight excluding hydrogens is 398 g/mol. The molecule has 0 amide bonds. The molecule has 1 aliphatic heterocycles. The number of esters is 1. The fourth-order valence-corrected chi connectivity index (χ4v) is 3.46. The summed E-state index contributed by atoms with van der Waals surface area (Å²) in [5, 5.41) is 3.22. The Balaban J connectivity index is 1.79. The van der Waals surface area contributed by atoms with Gasteiger partial charge >= 0.3 is 5.97 Å². The molecule has 0 aliphatic carbocycles. The van der Waals surface area contributed by atoms with Crippen molar-refractivity contribution < 1.29 is 9.53 Å². The number of rotatable bonds is 5. The van der Waals surface area contributed by atoms with Gasteiger partial charge in [0.25, 0.3) is 0 Å². The first kappa shape index (κ1) is 18.4. The highest BCUT2D eigenvalue weighted by atomic mass is 79.9. The van der Waals surface area contributed by atoms with E-state index in [1.807, 2.05) is 36.1 Å². The number of piperidine rings is 1. The summed E-state index contributed by atoms with van der Waals surface area (Å²) < 4.78 is 6.13. The topological polar surface area (TPSA) is 93.4 Å². The van der Waals surface area contributed by atoms with Crippen molar-refractivity contribution in [3.8, 4) is 0 Å². The van der Waals surface area contributed by atoms with Crippen LogP contribution in [0.4, 0.5) is 23.0 Å². The highest BCUT2D eigenvalue weighted by molar-refractivity contribution is 9.10. The Kier molecular flexibility index (Phi) is 5.92. The van der Waals surface area contributed by atoms with Crippen LogP contribution in [0.3, 0.4) is 0 Å². The first-order chi connectivity index (χ1) is 12.6. The van der Waals surface area contributed by atoms with Crippen molar-refractivity contribution >= 4 is 44.9 Å². The fraction of sp³-hybridized carbons (Fsp3) is 0.389. The number of benzene rings is 1. The molecule has 0 spiro atoms. The van der Waals surface area contributed by atoms with E-state index in [2.05, 4.69) is 31.2 Å². The maximum atomic E-state index is 12.1. The van der Waals surface area contributed by atoms with Crippen LogP contribution in [0.25, 0.3) is 0 Å². The summed E-state index contributed by atoms with van der Waals surface area (Å²) in [6.07, 6.45) is 3.20. The molecule has 0 bridgehead atoms. The third kappa shape index (κ3) is 4.24. The molecule has 1 unspecified atom stereocenters. The number of carbonyl (C=O) groups excluding carboxylic acids is 1. The fourth-order valence-electron chi connectivity index (χ4n) is 3.06. The Morgan fingerprint density at radius 3 is 3.08 bits per heavy atom. The molecule has 7 nitrogen and oxygen atoms in total. The van der Waals surface area contributed by atoms with E-state index in [4.69, 9.17) is 10.5 Å². The second-order valence-corrected chi connectivity index (χ2v) is 7.05. The minimum absolute atomic E-state index is 0.153. The number of anilines is 4. The van der Waals surface area contributed by atoms with Gasteiger partial charge in [-0.3, -0.25) is 4.79 Å². The smallest absolute Gasteiger partial charge is 0.310 e. The van der Waals surface area contributed by atoms with Crippen LogP contribution in [0.1, 0.15) is 19.8 Å². The molecular formula is C18H22BrN5O2. The molecule has 0 radical (unpaired) electrons. The lowest BCUT2D eigenvalue weighted by molar-refractivity contribution is -0.148. The van der Waals surface area contributed by atoms with Crippen molar-refractivity contribution in [3.05, 3.63) is 35.1 Å². The van der Waals surface area contributed by atoms with E-state index in [1.54, 1.807) is 0 Å². The van der Waals surface area contributed by atoms with E-state index >= 15 is 0 Å². The number of carbonyl (C=O) groups is 1. The predicted octanol–water partition coefficient (Wildman–Crippen LogP) is 3.34. The van der Waals surface area contributed by atoms with Gasteiger partial charge in [-0.2, -0.15) is 0 Å². The number of hydrogen-bond donors (Lipinski definition) is 2. The standard InChI is InChI=1S/C18H22BrN5O2/c1-2-26-18(25)12-5-4-8-24(10-12)17-15(20)16(21-11-22-17)23-14-7-3-6-13(19)9-14/h3,6-7,9,11-12H,2,4-5,8,10,20H2,1H3,(H,21,22,23). The molecule has 8 heteroatoms. The van der Waals surface area contributed by atoms with Crippen molar-refractivity contribution in [1.29, 1.82) is 0 Å². The zero-order valence-corrected chi connectivity index (χ0v) is 16.2. The number of nitrogens with one attached hydrogen (secondary N) is 1. The van der Waals surface area contributed by atoms with Gasteiger partial charge in [-0.05, 0) is 38.0 Å². The normalized spacial score (nSPS) is 17.0. The van der Waals surface area contributed by atoms with Gasteiger partial charge in [-0.15, -0.1) is 0 Å². The van der Waals surface area contributed by atoms with Gasteiger partial charge in [0.1, 0.15) is 12.0 Å². The maximum absolute atomic E-state index is 12.1. The van der Waals surface area contributed by atoms with Crippen molar-refractivity contribution in [2.24, 2.45) is 5.92 Å². The maximum Gasteiger partial charge on any atom is 0.310 e. The SMILES string of the molecule is CCOC(=O)C1CCCN(c2ncnc(Nc3cccc(Br)c3)c2N)C1. The minimum Gasteiger partial charge on any atom is -0.466 e.